The Bertz CT molecular complexity index is 2060. The van der Waals surface area contributed by atoms with Crippen LogP contribution in [-0.4, -0.2) is 64.8 Å². The normalized spacial score (nSPS) is 10.4. The molecule has 320 valence electrons. The highest BCUT2D eigenvalue weighted by Gasteiger charge is 2.22. The number of hydrogen-bond acceptors (Lipinski definition) is 9. The highest BCUT2D eigenvalue weighted by molar-refractivity contribution is 7.54. The van der Waals surface area contributed by atoms with E-state index in [1.54, 1.807) is 40.7 Å². The van der Waals surface area contributed by atoms with Gasteiger partial charge in [0, 0.05) is 36.0 Å². The number of benzene rings is 4. The minimum Gasteiger partial charge on any atom is -0.507 e. The van der Waals surface area contributed by atoms with E-state index in [-0.39, 0.29) is 53.8 Å². The van der Waals surface area contributed by atoms with Crippen LogP contribution in [0.2, 0.25) is 20.1 Å². The van der Waals surface area contributed by atoms with Gasteiger partial charge in [-0.2, -0.15) is 34.4 Å². The molecule has 4 rings (SSSR count). The van der Waals surface area contributed by atoms with Crippen LogP contribution in [0.1, 0.15) is 91.2 Å². The zero-order valence-corrected chi connectivity index (χ0v) is 38.1. The van der Waals surface area contributed by atoms with E-state index in [1.165, 1.54) is 55.6 Å². The summed E-state index contributed by atoms with van der Waals surface area (Å²) < 4.78 is 27.5. The Kier molecular flexibility index (Phi) is 22.2. The number of halogens is 7. The van der Waals surface area contributed by atoms with Crippen LogP contribution >= 0.6 is 80.8 Å². The number of hydrogen-bond donors (Lipinski definition) is 4. The summed E-state index contributed by atoms with van der Waals surface area (Å²) in [5.74, 6) is -2.29. The minimum atomic E-state index is -1.27. The second kappa shape index (κ2) is 25.6. The van der Waals surface area contributed by atoms with Crippen LogP contribution in [0.15, 0.2) is 60.7 Å². The molecule has 0 unspecified atom stereocenters. The molecule has 0 aliphatic heterocycles. The average Bonchev–Trinajstić information content (AvgIpc) is 3.13. The molecule has 0 bridgehead atoms. The van der Waals surface area contributed by atoms with Gasteiger partial charge in [0.1, 0.15) is 28.2 Å². The van der Waals surface area contributed by atoms with Gasteiger partial charge < -0.3 is 39.8 Å². The summed E-state index contributed by atoms with van der Waals surface area (Å²) in [6.07, 6.45) is 0. The number of aromatic carboxylic acids is 1. The van der Waals surface area contributed by atoms with Gasteiger partial charge in [-0.25, -0.2) is 9.59 Å². The Morgan fingerprint density at radius 3 is 1.42 bits per heavy atom. The first-order valence-electron chi connectivity index (χ1n) is 17.8. The number of amides is 2. The van der Waals surface area contributed by atoms with Crippen LogP contribution in [0.25, 0.3) is 0 Å². The number of esters is 1. The second-order valence-electron chi connectivity index (χ2n) is 12.0. The molecule has 0 aliphatic carbocycles. The Morgan fingerprint density at radius 2 is 1.10 bits per heavy atom. The first-order chi connectivity index (χ1) is 28.0. The van der Waals surface area contributed by atoms with Crippen LogP contribution < -0.4 is 24.8 Å². The number of rotatable bonds is 11. The molecule has 0 aromatic heterocycles. The molecule has 0 spiro atoms. The lowest BCUT2D eigenvalue weighted by Crippen LogP contribution is -2.24. The predicted molar refractivity (Wildman–Crippen MR) is 239 cm³/mol. The lowest BCUT2D eigenvalue weighted by Gasteiger charge is -2.20. The number of phenols is 1. The van der Waals surface area contributed by atoms with Crippen LogP contribution in [0.5, 0.6) is 23.0 Å². The summed E-state index contributed by atoms with van der Waals surface area (Å²) in [5, 5.41) is 24.6. The van der Waals surface area contributed by atoms with Crippen molar-refractivity contribution in [3.05, 3.63) is 103 Å². The first-order valence-corrected chi connectivity index (χ1v) is 19.9. The number of carbonyl (C=O) groups excluding carboxylic acids is 3. The fourth-order valence-electron chi connectivity index (χ4n) is 4.41. The SMILES string of the molecule is CCOc1c(Cl)cc(C(=O)Nc2ccc(C(=O)O)c(O)c2)cc1Cl.CCOc1c(Cl)cc(C(=O)Nc2ccc(C(=O)OC(C)(C)C)c(OC)c2)cc1Cl.ClB(Cl)Cl.[2H]CC. The minimum absolute atomic E-state index is 0.190. The standard InChI is InChI=1S/C21H23Cl2NO5.C16H13Cl2NO5.C2H6.BCl3/c1-6-28-18-15(22)9-12(10-16(18)23)19(25)24-13-7-8-14(17(11-13)27-5)20(26)29-21(2,3)4;1-2-24-14-11(17)5-8(6-12(14)18)15(21)19-9-3-4-10(16(22)23)13(20)7-9;1-2;2-1(3)4/h7-11H,6H2,1-5H3,(H,24,25);3-7,20H,2H2,1H3,(H,19,21)(H,22,23);1-2H3;/i;;1D;. The Hall–Kier alpha value is -3.95. The smallest absolute Gasteiger partial charge is 0.450 e. The van der Waals surface area contributed by atoms with Gasteiger partial charge in [0.05, 0.1) is 40.4 Å². The number of carboxylic acids is 1. The van der Waals surface area contributed by atoms with Crippen molar-refractivity contribution < 1.29 is 49.7 Å². The third kappa shape index (κ3) is 17.7. The van der Waals surface area contributed by atoms with E-state index in [0.717, 1.165) is 6.07 Å². The molecule has 2 amide bonds. The van der Waals surface area contributed by atoms with Gasteiger partial charge in [-0.3, -0.25) is 9.59 Å². The van der Waals surface area contributed by atoms with Gasteiger partial charge in [-0.05, 0) is 83.1 Å². The Balaban J connectivity index is 0.000000525. The summed E-state index contributed by atoms with van der Waals surface area (Å²) in [7, 11) is 1.43. The van der Waals surface area contributed by atoms with Crippen molar-refractivity contribution >= 4 is 121 Å². The number of anilines is 2. The van der Waals surface area contributed by atoms with Crippen LogP contribution in [0, 0.1) is 0 Å². The van der Waals surface area contributed by atoms with Gasteiger partial charge in [0.2, 0.25) is 0 Å². The zero-order chi connectivity index (χ0) is 45.9. The van der Waals surface area contributed by atoms with Gasteiger partial charge in [-0.1, -0.05) is 60.2 Å². The molecule has 0 atom stereocenters. The fraction of sp³-hybridized carbons (Fsp3) is 0.282. The monoisotopic (exact) mass is 955 g/mol. The molecule has 0 fully saturated rings. The molecule has 4 N–H and O–H groups in total. The third-order valence-corrected chi connectivity index (χ3v) is 7.79. The highest BCUT2D eigenvalue weighted by Crippen LogP contribution is 2.36. The third-order valence-electron chi connectivity index (χ3n) is 6.66. The van der Waals surface area contributed by atoms with E-state index >= 15 is 0 Å². The van der Waals surface area contributed by atoms with E-state index in [2.05, 4.69) is 10.6 Å². The first kappa shape index (κ1) is 51.2. The van der Waals surface area contributed by atoms with Crippen molar-refractivity contribution in [2.45, 2.75) is 54.0 Å². The summed E-state index contributed by atoms with van der Waals surface area (Å²) in [4.78, 5) is 47.3. The Morgan fingerprint density at radius 1 is 0.729 bits per heavy atom. The maximum atomic E-state index is 12.6. The summed E-state index contributed by atoms with van der Waals surface area (Å²) in [5.41, 5.74) is 0.465. The van der Waals surface area contributed by atoms with Crippen LogP contribution in [0.3, 0.4) is 0 Å². The van der Waals surface area contributed by atoms with Crippen molar-refractivity contribution in [3.8, 4) is 23.0 Å². The maximum Gasteiger partial charge on any atom is 0.450 e. The summed E-state index contributed by atoms with van der Waals surface area (Å²) >= 11 is 38.8. The van der Waals surface area contributed by atoms with Gasteiger partial charge in [0.15, 0.2) is 11.5 Å². The molecule has 0 aliphatic rings. The number of carboxylic acid groups (broad SMARTS) is 1. The summed E-state index contributed by atoms with van der Waals surface area (Å²) in [6.45, 7) is 12.0. The maximum absolute atomic E-state index is 12.6. The quantitative estimate of drug-likeness (QED) is 0.0838. The van der Waals surface area contributed by atoms with Crippen molar-refractivity contribution in [2.24, 2.45) is 0 Å². The Labute approximate surface area is 379 Å². The van der Waals surface area contributed by atoms with Crippen LogP contribution in [-0.2, 0) is 4.74 Å². The van der Waals surface area contributed by atoms with E-state index in [0.29, 0.717) is 37.3 Å². The number of ether oxygens (including phenoxy) is 4. The lowest BCUT2D eigenvalue weighted by atomic mass is 10.1. The molecule has 12 nitrogen and oxygen atoms in total. The number of nitrogens with one attached hydrogen (secondary N) is 2. The fourth-order valence-corrected chi connectivity index (χ4v) is 5.61. The topological polar surface area (TPSA) is 170 Å². The molecule has 20 heteroatoms. The highest BCUT2D eigenvalue weighted by atomic mass is 35.6. The van der Waals surface area contributed by atoms with E-state index in [4.69, 9.17) is 106 Å². The van der Waals surface area contributed by atoms with Crippen molar-refractivity contribution in [3.63, 3.8) is 0 Å². The predicted octanol–water partition coefficient (Wildman–Crippen LogP) is 12.4. The molecular weight excluding hydrogens is 915 g/mol. The second-order valence-corrected chi connectivity index (χ2v) is 15.6. The number of methoxy groups -OCH3 is 1. The summed E-state index contributed by atoms with van der Waals surface area (Å²) in [6, 6.07) is 14.1. The molecule has 59 heavy (non-hydrogen) atoms. The molecule has 4 aromatic rings. The van der Waals surface area contributed by atoms with E-state index in [1.807, 2.05) is 6.92 Å². The van der Waals surface area contributed by atoms with E-state index in [9.17, 15) is 24.3 Å². The number of aromatic hydroxyl groups is 1. The number of carbonyl (C=O) groups is 4. The largest absolute Gasteiger partial charge is 0.507 e. The van der Waals surface area contributed by atoms with Gasteiger partial charge in [0.25, 0.3) is 11.8 Å². The zero-order valence-electron chi connectivity index (χ0n) is 33.8. The molecule has 0 saturated heterocycles. The molecular formula is C39H42BCl7N2O10. The molecule has 0 radical (unpaired) electrons. The van der Waals surface area contributed by atoms with Gasteiger partial charge >= 0.3 is 16.9 Å². The van der Waals surface area contributed by atoms with Crippen molar-refractivity contribution in [1.29, 1.82) is 0 Å². The van der Waals surface area contributed by atoms with Crippen LogP contribution in [0.4, 0.5) is 11.4 Å². The molecule has 0 saturated carbocycles. The van der Waals surface area contributed by atoms with Gasteiger partial charge in [-0.15, -0.1) is 0 Å². The van der Waals surface area contributed by atoms with E-state index < -0.39 is 40.1 Å². The van der Waals surface area contributed by atoms with Crippen molar-refractivity contribution in [1.82, 2.24) is 0 Å². The lowest BCUT2D eigenvalue weighted by molar-refractivity contribution is 0.00661. The molecule has 4 aromatic carbocycles. The molecule has 0 heterocycles. The van der Waals surface area contributed by atoms with Crippen molar-refractivity contribution in [2.75, 3.05) is 31.0 Å². The average molecular weight is 959 g/mol.